The first-order chi connectivity index (χ1) is 6.80. The summed E-state index contributed by atoms with van der Waals surface area (Å²) in [6, 6.07) is 6.23. The normalized spacial score (nSPS) is 29.8. The van der Waals surface area contributed by atoms with Gasteiger partial charge in [-0.25, -0.2) is 0 Å². The van der Waals surface area contributed by atoms with Crippen molar-refractivity contribution in [1.29, 1.82) is 0 Å². The van der Waals surface area contributed by atoms with Gasteiger partial charge in [0.15, 0.2) is 0 Å². The van der Waals surface area contributed by atoms with E-state index in [9.17, 15) is 0 Å². The minimum atomic E-state index is 0.0676. The maximum absolute atomic E-state index is 5.99. The molecule has 1 aliphatic heterocycles. The third-order valence-corrected chi connectivity index (χ3v) is 3.70. The molecule has 0 aromatic heterocycles. The van der Waals surface area contributed by atoms with Crippen molar-refractivity contribution >= 4 is 11.6 Å². The Balaban J connectivity index is 2.10. The van der Waals surface area contributed by atoms with Gasteiger partial charge in [-0.2, -0.15) is 0 Å². The van der Waals surface area contributed by atoms with Crippen LogP contribution in [0.3, 0.4) is 0 Å². The highest BCUT2D eigenvalue weighted by Gasteiger charge is 2.42. The van der Waals surface area contributed by atoms with Crippen molar-refractivity contribution in [2.45, 2.75) is 31.3 Å². The number of benzene rings is 1. The van der Waals surface area contributed by atoms with Gasteiger partial charge in [-0.3, -0.25) is 0 Å². The monoisotopic (exact) mass is 208 g/mol. The Morgan fingerprint density at radius 2 is 2.14 bits per heavy atom. The molecule has 1 heterocycles. The van der Waals surface area contributed by atoms with Crippen LogP contribution in [0.1, 0.15) is 30.4 Å². The largest absolute Gasteiger partial charge is 0.370 e. The third-order valence-electron chi connectivity index (χ3n) is 3.47. The van der Waals surface area contributed by atoms with E-state index in [2.05, 4.69) is 12.1 Å². The van der Waals surface area contributed by atoms with E-state index >= 15 is 0 Å². The Hall–Kier alpha value is -0.530. The number of ether oxygens (including phenoxy) is 1. The van der Waals surface area contributed by atoms with Gasteiger partial charge in [-0.05, 0) is 42.5 Å². The summed E-state index contributed by atoms with van der Waals surface area (Å²) in [4.78, 5) is 0. The van der Waals surface area contributed by atoms with Crippen LogP contribution in [0.25, 0.3) is 0 Å². The van der Waals surface area contributed by atoms with Gasteiger partial charge >= 0.3 is 0 Å². The molecule has 2 heteroatoms. The van der Waals surface area contributed by atoms with Crippen LogP contribution in [0.15, 0.2) is 18.2 Å². The molecule has 0 radical (unpaired) electrons. The molecule has 1 atom stereocenters. The Kier molecular flexibility index (Phi) is 1.86. The van der Waals surface area contributed by atoms with Crippen molar-refractivity contribution in [2.75, 3.05) is 6.61 Å². The van der Waals surface area contributed by atoms with E-state index in [4.69, 9.17) is 16.3 Å². The molecule has 1 nitrogen and oxygen atoms in total. The van der Waals surface area contributed by atoms with Gasteiger partial charge in [0.25, 0.3) is 0 Å². The van der Waals surface area contributed by atoms with E-state index in [0.29, 0.717) is 0 Å². The van der Waals surface area contributed by atoms with E-state index in [0.717, 1.165) is 18.1 Å². The van der Waals surface area contributed by atoms with Crippen LogP contribution in [0, 0.1) is 0 Å². The first-order valence-electron chi connectivity index (χ1n) is 5.23. The van der Waals surface area contributed by atoms with E-state index < -0.39 is 0 Å². The van der Waals surface area contributed by atoms with Crippen LogP contribution in [-0.4, -0.2) is 6.61 Å². The predicted molar refractivity (Wildman–Crippen MR) is 56.6 cm³/mol. The number of halogens is 1. The molecule has 1 fully saturated rings. The Bertz CT molecular complexity index is 369. The standard InChI is InChI=1S/C12H13ClO/c13-10-3-4-11-9(8-10)2-1-5-12(11)6-7-14-12/h3-4,8H,1-2,5-7H2. The van der Waals surface area contributed by atoms with Crippen molar-refractivity contribution in [3.05, 3.63) is 34.3 Å². The van der Waals surface area contributed by atoms with Gasteiger partial charge in [0.05, 0.1) is 12.2 Å². The lowest BCUT2D eigenvalue weighted by Gasteiger charge is -2.46. The Labute approximate surface area is 89.0 Å². The third kappa shape index (κ3) is 1.12. The van der Waals surface area contributed by atoms with Crippen molar-refractivity contribution in [2.24, 2.45) is 0 Å². The fourth-order valence-electron chi connectivity index (χ4n) is 2.67. The molecular weight excluding hydrogens is 196 g/mol. The number of fused-ring (bicyclic) bond motifs is 2. The van der Waals surface area contributed by atoms with Crippen molar-refractivity contribution in [1.82, 2.24) is 0 Å². The van der Waals surface area contributed by atoms with Gasteiger partial charge in [0.1, 0.15) is 0 Å². The highest BCUT2D eigenvalue weighted by atomic mass is 35.5. The van der Waals surface area contributed by atoms with Gasteiger partial charge in [-0.15, -0.1) is 0 Å². The van der Waals surface area contributed by atoms with Crippen LogP contribution in [0.4, 0.5) is 0 Å². The van der Waals surface area contributed by atoms with E-state index in [-0.39, 0.29) is 5.60 Å². The molecule has 14 heavy (non-hydrogen) atoms. The van der Waals surface area contributed by atoms with Gasteiger partial charge in [-0.1, -0.05) is 17.7 Å². The highest BCUT2D eigenvalue weighted by Crippen LogP contribution is 2.46. The molecule has 3 rings (SSSR count). The first kappa shape index (κ1) is 8.75. The summed E-state index contributed by atoms with van der Waals surface area (Å²) in [6.45, 7) is 0.919. The molecule has 1 aliphatic carbocycles. The number of rotatable bonds is 0. The predicted octanol–water partition coefficient (Wildman–Crippen LogP) is 3.29. The first-order valence-corrected chi connectivity index (χ1v) is 5.61. The van der Waals surface area contributed by atoms with Crippen LogP contribution in [-0.2, 0) is 16.8 Å². The van der Waals surface area contributed by atoms with Crippen LogP contribution in [0.2, 0.25) is 5.02 Å². The second-order valence-electron chi connectivity index (χ2n) is 4.25. The fraction of sp³-hybridized carbons (Fsp3) is 0.500. The van der Waals surface area contributed by atoms with Crippen molar-refractivity contribution in [3.8, 4) is 0 Å². The summed E-state index contributed by atoms with van der Waals surface area (Å²) in [5, 5.41) is 0.847. The molecule has 1 saturated heterocycles. The molecule has 2 aliphatic rings. The van der Waals surface area contributed by atoms with Crippen LogP contribution in [0.5, 0.6) is 0 Å². The topological polar surface area (TPSA) is 9.23 Å². The van der Waals surface area contributed by atoms with Crippen molar-refractivity contribution < 1.29 is 4.74 Å². The van der Waals surface area contributed by atoms with E-state index in [1.807, 2.05) is 6.07 Å². The summed E-state index contributed by atoms with van der Waals surface area (Å²) >= 11 is 5.99. The smallest absolute Gasteiger partial charge is 0.0956 e. The second-order valence-corrected chi connectivity index (χ2v) is 4.68. The molecule has 1 spiro atoms. The zero-order valence-electron chi connectivity index (χ0n) is 8.05. The van der Waals surface area contributed by atoms with E-state index in [1.54, 1.807) is 0 Å². The Morgan fingerprint density at radius 1 is 1.29 bits per heavy atom. The van der Waals surface area contributed by atoms with E-state index in [1.165, 1.54) is 30.4 Å². The van der Waals surface area contributed by atoms with Crippen LogP contribution >= 0.6 is 11.6 Å². The molecule has 0 N–H and O–H groups in total. The molecule has 0 amide bonds. The average Bonchev–Trinajstić information content (AvgIpc) is 2.13. The maximum Gasteiger partial charge on any atom is 0.0956 e. The number of hydrogen-bond donors (Lipinski definition) is 0. The maximum atomic E-state index is 5.99. The zero-order chi connectivity index (χ0) is 9.60. The average molecular weight is 209 g/mol. The lowest BCUT2D eigenvalue weighted by molar-refractivity contribution is -0.163. The molecule has 0 saturated carbocycles. The highest BCUT2D eigenvalue weighted by molar-refractivity contribution is 6.30. The zero-order valence-corrected chi connectivity index (χ0v) is 8.81. The summed E-state index contributed by atoms with van der Waals surface area (Å²) in [6.07, 6.45) is 4.75. The molecule has 74 valence electrons. The summed E-state index contributed by atoms with van der Waals surface area (Å²) in [7, 11) is 0. The molecule has 1 aromatic rings. The molecule has 1 aromatic carbocycles. The summed E-state index contributed by atoms with van der Waals surface area (Å²) in [5.41, 5.74) is 2.85. The van der Waals surface area contributed by atoms with Gasteiger partial charge in [0, 0.05) is 11.4 Å². The minimum absolute atomic E-state index is 0.0676. The Morgan fingerprint density at radius 3 is 2.86 bits per heavy atom. The summed E-state index contributed by atoms with van der Waals surface area (Å²) < 4.78 is 5.78. The lowest BCUT2D eigenvalue weighted by Crippen LogP contribution is -2.43. The molecular formula is C12H13ClO. The van der Waals surface area contributed by atoms with Crippen LogP contribution < -0.4 is 0 Å². The second kappa shape index (κ2) is 2.98. The summed E-state index contributed by atoms with van der Waals surface area (Å²) in [5.74, 6) is 0. The number of hydrogen-bond acceptors (Lipinski definition) is 1. The van der Waals surface area contributed by atoms with Gasteiger partial charge in [0.2, 0.25) is 0 Å². The minimum Gasteiger partial charge on any atom is -0.370 e. The number of aryl methyl sites for hydroxylation is 1. The fourth-order valence-corrected chi connectivity index (χ4v) is 2.87. The van der Waals surface area contributed by atoms with Gasteiger partial charge < -0.3 is 4.74 Å². The molecule has 0 bridgehead atoms. The molecule has 1 unspecified atom stereocenters. The lowest BCUT2D eigenvalue weighted by atomic mass is 9.75. The quantitative estimate of drug-likeness (QED) is 0.636. The van der Waals surface area contributed by atoms with Crippen molar-refractivity contribution in [3.63, 3.8) is 0 Å². The SMILES string of the molecule is Clc1ccc2c(c1)CCCC21CCO1.